The summed E-state index contributed by atoms with van der Waals surface area (Å²) in [6.45, 7) is 0.325. The fraction of sp³-hybridized carbons (Fsp3) is 0.100. The molecule has 0 spiro atoms. The third-order valence-corrected chi connectivity index (χ3v) is 2.32. The van der Waals surface area contributed by atoms with Gasteiger partial charge in [0.05, 0.1) is 16.4 Å². The van der Waals surface area contributed by atoms with Crippen molar-refractivity contribution in [2.45, 2.75) is 6.54 Å². The van der Waals surface area contributed by atoms with Crippen LogP contribution in [0.15, 0.2) is 36.7 Å². The van der Waals surface area contributed by atoms with Crippen LogP contribution in [0.5, 0.6) is 0 Å². The van der Waals surface area contributed by atoms with Gasteiger partial charge in [-0.3, -0.25) is 24.9 Å². The Labute approximate surface area is 101 Å². The summed E-state index contributed by atoms with van der Waals surface area (Å²) in [4.78, 5) is 19.9. The van der Waals surface area contributed by atoms with Crippen molar-refractivity contribution in [2.75, 3.05) is 0 Å². The summed E-state index contributed by atoms with van der Waals surface area (Å²) in [5.74, 6) is 0. The highest BCUT2D eigenvalue weighted by Crippen LogP contribution is 2.14. The first-order chi connectivity index (χ1) is 8.56. The Balaban J connectivity index is 2.13. The van der Waals surface area contributed by atoms with Crippen LogP contribution in [0.1, 0.15) is 5.56 Å². The van der Waals surface area contributed by atoms with E-state index < -0.39 is 9.85 Å². The molecule has 1 aromatic carbocycles. The van der Waals surface area contributed by atoms with E-state index >= 15 is 0 Å². The fourth-order valence-electron chi connectivity index (χ4n) is 1.44. The highest BCUT2D eigenvalue weighted by atomic mass is 16.6. The summed E-state index contributed by atoms with van der Waals surface area (Å²) in [5.41, 5.74) is 0.695. The van der Waals surface area contributed by atoms with Crippen molar-refractivity contribution in [1.29, 1.82) is 0 Å². The van der Waals surface area contributed by atoms with E-state index in [0.717, 1.165) is 11.8 Å². The Bertz CT molecular complexity index is 590. The van der Waals surface area contributed by atoms with Gasteiger partial charge >= 0.3 is 5.69 Å². The second-order valence-electron chi connectivity index (χ2n) is 3.58. The Kier molecular flexibility index (Phi) is 3.00. The molecule has 0 aliphatic heterocycles. The maximum absolute atomic E-state index is 10.5. The minimum atomic E-state index is -0.528. The molecular weight excluding hydrogens is 240 g/mol. The van der Waals surface area contributed by atoms with Crippen molar-refractivity contribution in [3.63, 3.8) is 0 Å². The first kappa shape index (κ1) is 11.7. The van der Waals surface area contributed by atoms with E-state index in [4.69, 9.17) is 0 Å². The molecule has 0 saturated heterocycles. The first-order valence-electron chi connectivity index (χ1n) is 4.96. The van der Waals surface area contributed by atoms with E-state index in [0.29, 0.717) is 6.54 Å². The molecule has 8 heteroatoms. The van der Waals surface area contributed by atoms with Crippen LogP contribution < -0.4 is 0 Å². The molecule has 0 unspecified atom stereocenters. The predicted octanol–water partition coefficient (Wildman–Crippen LogP) is 1.75. The van der Waals surface area contributed by atoms with Crippen LogP contribution >= 0.6 is 0 Å². The molecular formula is C10H8N4O4. The standard InChI is InChI=1S/C10H8N4O4/c15-13(16)9-3-1-8(2-4-9)6-12-7-10(5-11-12)14(17)18/h1-5,7H,6H2. The topological polar surface area (TPSA) is 104 Å². The zero-order valence-electron chi connectivity index (χ0n) is 9.09. The van der Waals surface area contributed by atoms with Crippen LogP contribution in [-0.4, -0.2) is 19.6 Å². The summed E-state index contributed by atoms with van der Waals surface area (Å²) in [6, 6.07) is 5.94. The molecule has 0 bridgehead atoms. The van der Waals surface area contributed by atoms with E-state index in [1.807, 2.05) is 0 Å². The second kappa shape index (κ2) is 4.62. The number of hydrogen-bond donors (Lipinski definition) is 0. The second-order valence-corrected chi connectivity index (χ2v) is 3.58. The number of nitro groups is 2. The van der Waals surface area contributed by atoms with Crippen LogP contribution in [0.2, 0.25) is 0 Å². The maximum atomic E-state index is 10.5. The van der Waals surface area contributed by atoms with Crippen LogP contribution in [-0.2, 0) is 6.54 Å². The van der Waals surface area contributed by atoms with Gasteiger partial charge in [0, 0.05) is 12.1 Å². The number of non-ortho nitro benzene ring substituents is 1. The van der Waals surface area contributed by atoms with Crippen LogP contribution in [0, 0.1) is 20.2 Å². The largest absolute Gasteiger partial charge is 0.307 e. The lowest BCUT2D eigenvalue weighted by Gasteiger charge is -2.00. The van der Waals surface area contributed by atoms with Crippen molar-refractivity contribution in [3.05, 3.63) is 62.5 Å². The molecule has 1 heterocycles. The third kappa shape index (κ3) is 2.48. The molecule has 0 atom stereocenters. The highest BCUT2D eigenvalue weighted by molar-refractivity contribution is 5.33. The van der Waals surface area contributed by atoms with Gasteiger partial charge in [0.25, 0.3) is 5.69 Å². The van der Waals surface area contributed by atoms with Gasteiger partial charge in [0.15, 0.2) is 0 Å². The van der Waals surface area contributed by atoms with Crippen LogP contribution in [0.4, 0.5) is 11.4 Å². The Morgan fingerprint density at radius 1 is 1.06 bits per heavy atom. The Morgan fingerprint density at radius 2 is 1.67 bits per heavy atom. The molecule has 0 radical (unpaired) electrons. The quantitative estimate of drug-likeness (QED) is 0.605. The lowest BCUT2D eigenvalue weighted by Crippen LogP contribution is -2.00. The normalized spacial score (nSPS) is 10.2. The molecule has 2 rings (SSSR count). The number of nitro benzene ring substituents is 1. The molecule has 0 fully saturated rings. The average Bonchev–Trinajstić information content (AvgIpc) is 2.78. The fourth-order valence-corrected chi connectivity index (χ4v) is 1.44. The van der Waals surface area contributed by atoms with Crippen molar-refractivity contribution < 1.29 is 9.85 Å². The molecule has 92 valence electrons. The number of rotatable bonds is 4. The summed E-state index contributed by atoms with van der Waals surface area (Å²) in [6.07, 6.45) is 2.47. The minimum Gasteiger partial charge on any atom is -0.261 e. The van der Waals surface area contributed by atoms with Gasteiger partial charge < -0.3 is 0 Å². The first-order valence-corrected chi connectivity index (χ1v) is 4.96. The van der Waals surface area contributed by atoms with E-state index in [1.165, 1.54) is 23.0 Å². The SMILES string of the molecule is O=[N+]([O-])c1ccc(Cn2cc([N+](=O)[O-])cn2)cc1. The molecule has 0 saturated carbocycles. The maximum Gasteiger partial charge on any atom is 0.307 e. The van der Waals surface area contributed by atoms with E-state index in [1.54, 1.807) is 12.1 Å². The smallest absolute Gasteiger partial charge is 0.261 e. The van der Waals surface area contributed by atoms with Crippen LogP contribution in [0.25, 0.3) is 0 Å². The van der Waals surface area contributed by atoms with Gasteiger partial charge in [-0.05, 0) is 5.56 Å². The molecule has 18 heavy (non-hydrogen) atoms. The molecule has 8 nitrogen and oxygen atoms in total. The van der Waals surface area contributed by atoms with E-state index in [2.05, 4.69) is 5.10 Å². The molecule has 1 aromatic heterocycles. The number of aromatic nitrogens is 2. The summed E-state index contributed by atoms with van der Waals surface area (Å²) in [5, 5.41) is 24.8. The van der Waals surface area contributed by atoms with E-state index in [-0.39, 0.29) is 11.4 Å². The Morgan fingerprint density at radius 3 is 2.17 bits per heavy atom. The summed E-state index contributed by atoms with van der Waals surface area (Å²) >= 11 is 0. The third-order valence-electron chi connectivity index (χ3n) is 2.32. The van der Waals surface area contributed by atoms with Gasteiger partial charge in [-0.15, -0.1) is 0 Å². The van der Waals surface area contributed by atoms with Gasteiger partial charge in [-0.25, -0.2) is 0 Å². The lowest BCUT2D eigenvalue weighted by molar-refractivity contribution is -0.385. The molecule has 0 N–H and O–H groups in total. The van der Waals surface area contributed by atoms with Crippen molar-refractivity contribution >= 4 is 11.4 Å². The van der Waals surface area contributed by atoms with Crippen LogP contribution in [0.3, 0.4) is 0 Å². The molecule has 2 aromatic rings. The molecule has 0 aliphatic rings. The minimum absolute atomic E-state index is 0.00481. The van der Waals surface area contributed by atoms with Gasteiger partial charge in [-0.1, -0.05) is 12.1 Å². The lowest BCUT2D eigenvalue weighted by atomic mass is 10.2. The number of benzene rings is 1. The van der Waals surface area contributed by atoms with Crippen molar-refractivity contribution in [3.8, 4) is 0 Å². The van der Waals surface area contributed by atoms with Crippen molar-refractivity contribution in [1.82, 2.24) is 9.78 Å². The zero-order chi connectivity index (χ0) is 13.1. The Hall–Kier alpha value is -2.77. The predicted molar refractivity (Wildman–Crippen MR) is 61.1 cm³/mol. The van der Waals surface area contributed by atoms with Gasteiger partial charge in [0.2, 0.25) is 0 Å². The average molecular weight is 248 g/mol. The molecule has 0 aliphatic carbocycles. The zero-order valence-corrected chi connectivity index (χ0v) is 9.09. The highest BCUT2D eigenvalue weighted by Gasteiger charge is 2.09. The summed E-state index contributed by atoms with van der Waals surface area (Å²) in [7, 11) is 0. The summed E-state index contributed by atoms with van der Waals surface area (Å²) < 4.78 is 1.40. The van der Waals surface area contributed by atoms with E-state index in [9.17, 15) is 20.2 Å². The van der Waals surface area contributed by atoms with Crippen molar-refractivity contribution in [2.24, 2.45) is 0 Å². The monoisotopic (exact) mass is 248 g/mol. The number of hydrogen-bond acceptors (Lipinski definition) is 5. The molecule has 0 amide bonds. The number of nitrogens with zero attached hydrogens (tertiary/aromatic N) is 4. The van der Waals surface area contributed by atoms with Gasteiger partial charge in [0.1, 0.15) is 12.4 Å². The van der Waals surface area contributed by atoms with Gasteiger partial charge in [-0.2, -0.15) is 5.10 Å².